The fourth-order valence-electron chi connectivity index (χ4n) is 0.771. The van der Waals surface area contributed by atoms with Crippen molar-refractivity contribution in [3.8, 4) is 5.75 Å². The van der Waals surface area contributed by atoms with Crippen molar-refractivity contribution in [1.29, 1.82) is 0 Å². The number of hydrogen-bond donors (Lipinski definition) is 1. The van der Waals surface area contributed by atoms with Gasteiger partial charge in [-0.1, -0.05) is 18.2 Å². The van der Waals surface area contributed by atoms with E-state index in [9.17, 15) is 0 Å². The van der Waals surface area contributed by atoms with Crippen LogP contribution in [-0.2, 0) is 0 Å². The summed E-state index contributed by atoms with van der Waals surface area (Å²) < 4.78 is 5.41. The molecule has 0 spiro atoms. The minimum absolute atomic E-state index is 0. The molecular formula is C9H15NO. The van der Waals surface area contributed by atoms with Crippen molar-refractivity contribution in [2.45, 2.75) is 20.0 Å². The number of benzene rings is 1. The lowest BCUT2D eigenvalue weighted by atomic mass is 10.3. The third-order valence-corrected chi connectivity index (χ3v) is 1.11. The molecule has 0 fully saturated rings. The number of hydrogen-bond acceptors (Lipinski definition) is 2. The SMILES string of the molecule is CC(C)Oc1ccccc1.N. The molecule has 62 valence electrons. The highest BCUT2D eigenvalue weighted by Crippen LogP contribution is 2.09. The van der Waals surface area contributed by atoms with E-state index >= 15 is 0 Å². The van der Waals surface area contributed by atoms with E-state index in [1.807, 2.05) is 44.2 Å². The molecule has 0 atom stereocenters. The Labute approximate surface area is 67.8 Å². The molecule has 0 saturated heterocycles. The van der Waals surface area contributed by atoms with Crippen LogP contribution in [0.4, 0.5) is 0 Å². The fraction of sp³-hybridized carbons (Fsp3) is 0.333. The van der Waals surface area contributed by atoms with Gasteiger partial charge in [0.15, 0.2) is 0 Å². The van der Waals surface area contributed by atoms with Gasteiger partial charge in [0.25, 0.3) is 0 Å². The van der Waals surface area contributed by atoms with Gasteiger partial charge in [-0.2, -0.15) is 0 Å². The van der Waals surface area contributed by atoms with Crippen molar-refractivity contribution in [1.82, 2.24) is 6.15 Å². The summed E-state index contributed by atoms with van der Waals surface area (Å²) in [6.45, 7) is 4.04. The summed E-state index contributed by atoms with van der Waals surface area (Å²) >= 11 is 0. The minimum atomic E-state index is 0. The molecule has 0 aliphatic heterocycles. The van der Waals surface area contributed by atoms with E-state index in [0.717, 1.165) is 5.75 Å². The summed E-state index contributed by atoms with van der Waals surface area (Å²) in [5.74, 6) is 0.942. The third-order valence-electron chi connectivity index (χ3n) is 1.11. The third kappa shape index (κ3) is 3.63. The molecule has 0 radical (unpaired) electrons. The molecule has 2 nitrogen and oxygen atoms in total. The monoisotopic (exact) mass is 153 g/mol. The lowest BCUT2D eigenvalue weighted by Crippen LogP contribution is -2.04. The first-order chi connectivity index (χ1) is 4.79. The van der Waals surface area contributed by atoms with Gasteiger partial charge in [-0.25, -0.2) is 0 Å². The second-order valence-electron chi connectivity index (χ2n) is 2.48. The van der Waals surface area contributed by atoms with E-state index in [0.29, 0.717) is 0 Å². The Morgan fingerprint density at radius 2 is 1.64 bits per heavy atom. The average Bonchev–Trinajstić information content (AvgIpc) is 1.88. The first-order valence-electron chi connectivity index (χ1n) is 3.51. The molecule has 0 saturated carbocycles. The smallest absolute Gasteiger partial charge is 0.119 e. The number of rotatable bonds is 2. The summed E-state index contributed by atoms with van der Waals surface area (Å²) in [6.07, 6.45) is 0.266. The molecule has 0 aliphatic carbocycles. The quantitative estimate of drug-likeness (QED) is 0.709. The predicted molar refractivity (Wildman–Crippen MR) is 47.2 cm³/mol. The molecule has 0 aromatic heterocycles. The maximum Gasteiger partial charge on any atom is 0.119 e. The standard InChI is InChI=1S/C9H12O.H3N/c1-8(2)10-9-6-4-3-5-7-9;/h3-8H,1-2H3;1H3. The van der Waals surface area contributed by atoms with E-state index in [4.69, 9.17) is 4.74 Å². The number of para-hydroxylation sites is 1. The molecule has 0 heterocycles. The van der Waals surface area contributed by atoms with Gasteiger partial charge >= 0.3 is 0 Å². The van der Waals surface area contributed by atoms with Gasteiger partial charge in [0.05, 0.1) is 6.10 Å². The summed E-state index contributed by atoms with van der Waals surface area (Å²) in [6, 6.07) is 9.84. The zero-order valence-corrected chi connectivity index (χ0v) is 7.08. The molecule has 0 aliphatic rings. The molecule has 0 bridgehead atoms. The van der Waals surface area contributed by atoms with Crippen molar-refractivity contribution >= 4 is 0 Å². The zero-order chi connectivity index (χ0) is 7.40. The number of ether oxygens (including phenoxy) is 1. The van der Waals surface area contributed by atoms with Gasteiger partial charge in [-0.05, 0) is 26.0 Å². The lowest BCUT2D eigenvalue weighted by molar-refractivity contribution is 0.242. The minimum Gasteiger partial charge on any atom is -0.491 e. The van der Waals surface area contributed by atoms with E-state index in [2.05, 4.69) is 0 Å². The van der Waals surface area contributed by atoms with Crippen LogP contribution in [0.15, 0.2) is 30.3 Å². The second-order valence-corrected chi connectivity index (χ2v) is 2.48. The van der Waals surface area contributed by atoms with Gasteiger partial charge in [0.2, 0.25) is 0 Å². The van der Waals surface area contributed by atoms with Gasteiger partial charge in [-0.15, -0.1) is 0 Å². The van der Waals surface area contributed by atoms with Crippen molar-refractivity contribution in [3.05, 3.63) is 30.3 Å². The maximum atomic E-state index is 5.41. The Balaban J connectivity index is 0.000001000. The summed E-state index contributed by atoms with van der Waals surface area (Å²) in [4.78, 5) is 0. The molecule has 3 N–H and O–H groups in total. The summed E-state index contributed by atoms with van der Waals surface area (Å²) in [5, 5.41) is 0. The summed E-state index contributed by atoms with van der Waals surface area (Å²) in [5.41, 5.74) is 0. The van der Waals surface area contributed by atoms with Crippen LogP contribution < -0.4 is 10.9 Å². The van der Waals surface area contributed by atoms with Crippen LogP contribution in [0.1, 0.15) is 13.8 Å². The van der Waals surface area contributed by atoms with Crippen molar-refractivity contribution < 1.29 is 4.74 Å². The van der Waals surface area contributed by atoms with Crippen LogP contribution in [0.25, 0.3) is 0 Å². The van der Waals surface area contributed by atoms with Crippen molar-refractivity contribution in [3.63, 3.8) is 0 Å². The molecule has 0 unspecified atom stereocenters. The molecule has 11 heavy (non-hydrogen) atoms. The second kappa shape index (κ2) is 4.74. The fourth-order valence-corrected chi connectivity index (χ4v) is 0.771. The molecular weight excluding hydrogens is 138 g/mol. The predicted octanol–water partition coefficient (Wildman–Crippen LogP) is 2.64. The zero-order valence-electron chi connectivity index (χ0n) is 7.08. The van der Waals surface area contributed by atoms with Crippen molar-refractivity contribution in [2.24, 2.45) is 0 Å². The maximum absolute atomic E-state index is 5.41. The van der Waals surface area contributed by atoms with Gasteiger partial charge in [0.1, 0.15) is 5.75 Å². The highest BCUT2D eigenvalue weighted by molar-refractivity contribution is 5.20. The van der Waals surface area contributed by atoms with Gasteiger partial charge < -0.3 is 10.9 Å². The van der Waals surface area contributed by atoms with E-state index < -0.39 is 0 Å². The largest absolute Gasteiger partial charge is 0.491 e. The Kier molecular flexibility index (Phi) is 4.30. The van der Waals surface area contributed by atoms with E-state index in [1.54, 1.807) is 0 Å². The van der Waals surface area contributed by atoms with Crippen LogP contribution >= 0.6 is 0 Å². The Morgan fingerprint density at radius 1 is 1.09 bits per heavy atom. The Morgan fingerprint density at radius 3 is 2.09 bits per heavy atom. The Bertz CT molecular complexity index is 184. The topological polar surface area (TPSA) is 44.2 Å². The van der Waals surface area contributed by atoms with E-state index in [1.165, 1.54) is 0 Å². The normalized spacial score (nSPS) is 9.00. The highest BCUT2D eigenvalue weighted by atomic mass is 16.5. The molecule has 1 aromatic rings. The van der Waals surface area contributed by atoms with E-state index in [-0.39, 0.29) is 12.3 Å². The molecule has 1 aromatic carbocycles. The lowest BCUT2D eigenvalue weighted by Gasteiger charge is -2.07. The molecule has 2 heteroatoms. The van der Waals surface area contributed by atoms with Crippen LogP contribution in [0.3, 0.4) is 0 Å². The molecule has 1 rings (SSSR count). The average molecular weight is 153 g/mol. The van der Waals surface area contributed by atoms with Crippen LogP contribution in [0.5, 0.6) is 5.75 Å². The van der Waals surface area contributed by atoms with Crippen LogP contribution in [0.2, 0.25) is 0 Å². The molecule has 0 amide bonds. The van der Waals surface area contributed by atoms with Gasteiger partial charge in [-0.3, -0.25) is 0 Å². The first-order valence-corrected chi connectivity index (χ1v) is 3.51. The van der Waals surface area contributed by atoms with Crippen molar-refractivity contribution in [2.75, 3.05) is 0 Å². The summed E-state index contributed by atoms with van der Waals surface area (Å²) in [7, 11) is 0. The highest BCUT2D eigenvalue weighted by Gasteiger charge is 1.92. The first kappa shape index (κ1) is 9.98. The van der Waals surface area contributed by atoms with Gasteiger partial charge in [0, 0.05) is 0 Å². The van der Waals surface area contributed by atoms with Crippen LogP contribution in [-0.4, -0.2) is 6.10 Å². The Hall–Kier alpha value is -1.02. The van der Waals surface area contributed by atoms with Crippen LogP contribution in [0, 0.1) is 0 Å².